The average molecular weight is 267 g/mol. The lowest BCUT2D eigenvalue weighted by atomic mass is 10.0. The Morgan fingerprint density at radius 2 is 2.00 bits per heavy atom. The van der Waals surface area contributed by atoms with Crippen LogP contribution in [0.2, 0.25) is 0 Å². The summed E-state index contributed by atoms with van der Waals surface area (Å²) in [6, 6.07) is 11.7. The minimum absolute atomic E-state index is 0.272. The lowest BCUT2D eigenvalue weighted by Crippen LogP contribution is -1.99. The molecule has 0 aliphatic heterocycles. The summed E-state index contributed by atoms with van der Waals surface area (Å²) < 4.78 is 5.55. The first-order chi connectivity index (χ1) is 9.65. The van der Waals surface area contributed by atoms with Crippen LogP contribution in [0, 0.1) is 18.3 Å². The molecule has 0 aliphatic rings. The van der Waals surface area contributed by atoms with Crippen LogP contribution in [0.3, 0.4) is 0 Å². The van der Waals surface area contributed by atoms with E-state index in [1.165, 1.54) is 0 Å². The van der Waals surface area contributed by atoms with Gasteiger partial charge in [0.05, 0.1) is 6.61 Å². The van der Waals surface area contributed by atoms with Gasteiger partial charge in [0.1, 0.15) is 23.2 Å². The molecule has 0 atom stereocenters. The van der Waals surface area contributed by atoms with Gasteiger partial charge in [-0.15, -0.1) is 0 Å². The number of hydrogen-bond acceptors (Lipinski definition) is 4. The molecule has 2 rings (SSSR count). The summed E-state index contributed by atoms with van der Waals surface area (Å²) >= 11 is 0. The molecule has 20 heavy (non-hydrogen) atoms. The van der Waals surface area contributed by atoms with Crippen molar-refractivity contribution in [1.82, 2.24) is 4.98 Å². The lowest BCUT2D eigenvalue weighted by Gasteiger charge is -2.09. The molecule has 4 heteroatoms. The number of anilines is 1. The molecule has 0 radical (unpaired) electrons. The molecule has 1 aromatic heterocycles. The Kier molecular flexibility index (Phi) is 4.21. The first kappa shape index (κ1) is 13.9. The van der Waals surface area contributed by atoms with E-state index in [1.807, 2.05) is 37.3 Å². The van der Waals surface area contributed by atoms with Crippen molar-refractivity contribution in [3.63, 3.8) is 0 Å². The van der Waals surface area contributed by atoms with Crippen molar-refractivity contribution in [2.45, 2.75) is 20.3 Å². The van der Waals surface area contributed by atoms with Crippen molar-refractivity contribution >= 4 is 5.82 Å². The summed E-state index contributed by atoms with van der Waals surface area (Å²) in [6.45, 7) is 4.62. The van der Waals surface area contributed by atoms with Gasteiger partial charge in [-0.3, -0.25) is 0 Å². The third kappa shape index (κ3) is 2.89. The Bertz CT molecular complexity index is 642. The number of benzene rings is 1. The highest BCUT2D eigenvalue weighted by molar-refractivity contribution is 5.75. The summed E-state index contributed by atoms with van der Waals surface area (Å²) in [4.78, 5) is 4.12. The molecule has 0 amide bonds. The van der Waals surface area contributed by atoms with Crippen molar-refractivity contribution in [2.75, 3.05) is 12.3 Å². The quantitative estimate of drug-likeness (QED) is 0.922. The van der Waals surface area contributed by atoms with E-state index >= 15 is 0 Å². The minimum Gasteiger partial charge on any atom is -0.494 e. The van der Waals surface area contributed by atoms with Gasteiger partial charge in [0.25, 0.3) is 0 Å². The zero-order chi connectivity index (χ0) is 14.5. The highest BCUT2D eigenvalue weighted by Gasteiger charge is 2.10. The van der Waals surface area contributed by atoms with E-state index in [1.54, 1.807) is 0 Å². The maximum Gasteiger partial charge on any atom is 0.142 e. The van der Waals surface area contributed by atoms with Crippen molar-refractivity contribution in [3.05, 3.63) is 41.6 Å². The Morgan fingerprint density at radius 1 is 1.30 bits per heavy atom. The van der Waals surface area contributed by atoms with Crippen LogP contribution in [0.1, 0.15) is 24.6 Å². The van der Waals surface area contributed by atoms with Crippen molar-refractivity contribution < 1.29 is 4.74 Å². The van der Waals surface area contributed by atoms with Crippen LogP contribution in [-0.4, -0.2) is 11.6 Å². The second kappa shape index (κ2) is 6.07. The first-order valence-corrected chi connectivity index (χ1v) is 6.56. The Morgan fingerprint density at radius 3 is 2.60 bits per heavy atom. The number of aromatic nitrogens is 1. The molecule has 4 nitrogen and oxygen atoms in total. The normalized spacial score (nSPS) is 10.1. The van der Waals surface area contributed by atoms with E-state index in [0.29, 0.717) is 12.2 Å². The van der Waals surface area contributed by atoms with Crippen molar-refractivity contribution in [3.8, 4) is 22.9 Å². The van der Waals surface area contributed by atoms with Gasteiger partial charge in [0.15, 0.2) is 0 Å². The monoisotopic (exact) mass is 267 g/mol. The highest BCUT2D eigenvalue weighted by Crippen LogP contribution is 2.28. The SMILES string of the molecule is CCCOc1ccc(-c2cc(C)nc(N)c2C#N)cc1. The maximum atomic E-state index is 9.23. The molecule has 0 saturated carbocycles. The van der Waals surface area contributed by atoms with E-state index in [-0.39, 0.29) is 5.82 Å². The molecule has 102 valence electrons. The van der Waals surface area contributed by atoms with Crippen LogP contribution < -0.4 is 10.5 Å². The predicted octanol–water partition coefficient (Wildman–Crippen LogP) is 3.30. The van der Waals surface area contributed by atoms with Gasteiger partial charge in [-0.05, 0) is 37.1 Å². The fourth-order valence-corrected chi connectivity index (χ4v) is 1.99. The Balaban J connectivity index is 2.39. The van der Waals surface area contributed by atoms with Crippen LogP contribution in [0.5, 0.6) is 5.75 Å². The van der Waals surface area contributed by atoms with Crippen molar-refractivity contribution in [2.24, 2.45) is 0 Å². The van der Waals surface area contributed by atoms with E-state index < -0.39 is 0 Å². The zero-order valence-corrected chi connectivity index (χ0v) is 11.7. The predicted molar refractivity (Wildman–Crippen MR) is 79.3 cm³/mol. The van der Waals surface area contributed by atoms with Crippen LogP contribution in [0.4, 0.5) is 5.82 Å². The molecule has 0 spiro atoms. The Labute approximate surface area is 118 Å². The molecule has 0 saturated heterocycles. The van der Waals surface area contributed by atoms with E-state index in [4.69, 9.17) is 10.5 Å². The average Bonchev–Trinajstić information content (AvgIpc) is 2.45. The summed E-state index contributed by atoms with van der Waals surface area (Å²) in [6.07, 6.45) is 0.973. The molecule has 0 unspecified atom stereocenters. The summed E-state index contributed by atoms with van der Waals surface area (Å²) in [7, 11) is 0. The van der Waals surface area contributed by atoms with Gasteiger partial charge in [0, 0.05) is 11.3 Å². The number of ether oxygens (including phenoxy) is 1. The van der Waals surface area contributed by atoms with E-state index in [2.05, 4.69) is 18.0 Å². The topological polar surface area (TPSA) is 71.9 Å². The third-order valence-electron chi connectivity index (χ3n) is 2.93. The van der Waals surface area contributed by atoms with E-state index in [9.17, 15) is 5.26 Å². The maximum absolute atomic E-state index is 9.23. The first-order valence-electron chi connectivity index (χ1n) is 6.56. The fraction of sp³-hybridized carbons (Fsp3) is 0.250. The van der Waals surface area contributed by atoms with Gasteiger partial charge in [-0.25, -0.2) is 4.98 Å². The molecule has 0 bridgehead atoms. The molecule has 1 aromatic carbocycles. The zero-order valence-electron chi connectivity index (χ0n) is 11.7. The number of rotatable bonds is 4. The third-order valence-corrected chi connectivity index (χ3v) is 2.93. The number of nitrogen functional groups attached to an aromatic ring is 1. The largest absolute Gasteiger partial charge is 0.494 e. The number of hydrogen-bond donors (Lipinski definition) is 1. The highest BCUT2D eigenvalue weighted by atomic mass is 16.5. The number of aryl methyl sites for hydroxylation is 1. The van der Waals surface area contributed by atoms with Gasteiger partial charge in [0.2, 0.25) is 0 Å². The van der Waals surface area contributed by atoms with Gasteiger partial charge >= 0.3 is 0 Å². The number of pyridine rings is 1. The van der Waals surface area contributed by atoms with Gasteiger partial charge in [-0.2, -0.15) is 5.26 Å². The van der Waals surface area contributed by atoms with Crippen LogP contribution >= 0.6 is 0 Å². The minimum atomic E-state index is 0.272. The summed E-state index contributed by atoms with van der Waals surface area (Å²) in [5.41, 5.74) is 8.75. The Hall–Kier alpha value is -2.54. The standard InChI is InChI=1S/C16H17N3O/c1-3-8-20-13-6-4-12(5-7-13)14-9-11(2)19-16(18)15(14)10-17/h4-7,9H,3,8H2,1-2H3,(H2,18,19). The number of nitriles is 1. The molecule has 0 fully saturated rings. The molecule has 2 N–H and O–H groups in total. The lowest BCUT2D eigenvalue weighted by molar-refractivity contribution is 0.317. The van der Waals surface area contributed by atoms with E-state index in [0.717, 1.165) is 29.0 Å². The number of nitrogens with zero attached hydrogens (tertiary/aromatic N) is 2. The summed E-state index contributed by atoms with van der Waals surface area (Å²) in [5.74, 6) is 1.10. The molecular weight excluding hydrogens is 250 g/mol. The fourth-order valence-electron chi connectivity index (χ4n) is 1.99. The second-order valence-corrected chi connectivity index (χ2v) is 4.56. The van der Waals surface area contributed by atoms with Gasteiger partial charge < -0.3 is 10.5 Å². The van der Waals surface area contributed by atoms with Crippen molar-refractivity contribution in [1.29, 1.82) is 5.26 Å². The summed E-state index contributed by atoms with van der Waals surface area (Å²) in [5, 5.41) is 9.23. The smallest absolute Gasteiger partial charge is 0.142 e. The molecule has 0 aliphatic carbocycles. The van der Waals surface area contributed by atoms with Crippen LogP contribution in [0.25, 0.3) is 11.1 Å². The molecular formula is C16H17N3O. The van der Waals surface area contributed by atoms with Crippen LogP contribution in [-0.2, 0) is 0 Å². The second-order valence-electron chi connectivity index (χ2n) is 4.56. The number of nitrogens with two attached hydrogens (primary N) is 1. The molecule has 2 aromatic rings. The van der Waals surface area contributed by atoms with Crippen LogP contribution in [0.15, 0.2) is 30.3 Å². The van der Waals surface area contributed by atoms with Gasteiger partial charge in [-0.1, -0.05) is 19.1 Å². The molecule has 1 heterocycles.